The van der Waals surface area contributed by atoms with Gasteiger partial charge in [0.1, 0.15) is 11.6 Å². The van der Waals surface area contributed by atoms with Gasteiger partial charge in [-0.15, -0.1) is 0 Å². The summed E-state index contributed by atoms with van der Waals surface area (Å²) in [6.07, 6.45) is -4.80. The van der Waals surface area contributed by atoms with Crippen LogP contribution >= 0.6 is 11.6 Å². The van der Waals surface area contributed by atoms with Crippen LogP contribution in [0.3, 0.4) is 0 Å². The number of hydrogen-bond acceptors (Lipinski definition) is 4. The molecule has 4 rings (SSSR count). The van der Waals surface area contributed by atoms with Crippen molar-refractivity contribution in [2.24, 2.45) is 0 Å². The normalized spacial score (nSPS) is 17.9. The maximum absolute atomic E-state index is 13.8. The molecule has 1 amide bonds. The number of hydrogen-bond donors (Lipinski definition) is 2. The number of fused-ring (bicyclic) bond motifs is 1. The van der Waals surface area contributed by atoms with E-state index in [2.05, 4.69) is 15.7 Å². The maximum Gasteiger partial charge on any atom is 0.410 e. The summed E-state index contributed by atoms with van der Waals surface area (Å²) in [5, 5.41) is 10.1. The van der Waals surface area contributed by atoms with Crippen LogP contribution in [0.25, 0.3) is 0 Å². The van der Waals surface area contributed by atoms with Gasteiger partial charge in [0, 0.05) is 23.2 Å². The minimum atomic E-state index is -4.54. The minimum Gasteiger partial charge on any atom is -0.497 e. The van der Waals surface area contributed by atoms with E-state index < -0.39 is 24.2 Å². The highest BCUT2D eigenvalue weighted by atomic mass is 35.5. The van der Waals surface area contributed by atoms with E-state index in [4.69, 9.17) is 16.3 Å². The number of anilines is 2. The number of methoxy groups -OCH3 is 1. The smallest absolute Gasteiger partial charge is 0.410 e. The van der Waals surface area contributed by atoms with Gasteiger partial charge in [0.05, 0.1) is 13.2 Å². The first-order valence-electron chi connectivity index (χ1n) is 9.80. The molecule has 2 atom stereocenters. The third-order valence-corrected chi connectivity index (χ3v) is 5.78. The molecular formula is C22H20ClF3N4O2. The first-order valence-corrected chi connectivity index (χ1v) is 10.2. The van der Waals surface area contributed by atoms with Crippen molar-refractivity contribution >= 4 is 29.0 Å². The Morgan fingerprint density at radius 2 is 1.94 bits per heavy atom. The number of nitrogens with one attached hydrogen (secondary N) is 2. The van der Waals surface area contributed by atoms with Gasteiger partial charge in [-0.25, -0.2) is 4.68 Å². The molecule has 0 fully saturated rings. The Morgan fingerprint density at radius 1 is 1.22 bits per heavy atom. The second-order valence-electron chi connectivity index (χ2n) is 7.54. The third-order valence-electron chi connectivity index (χ3n) is 5.37. The number of nitrogens with zero attached hydrogens (tertiary/aromatic N) is 2. The summed E-state index contributed by atoms with van der Waals surface area (Å²) in [7, 11) is 1.52. The number of aryl methyl sites for hydroxylation is 1. The highest BCUT2D eigenvalue weighted by molar-refractivity contribution is 6.31. The first kappa shape index (κ1) is 22.0. The lowest BCUT2D eigenvalue weighted by Crippen LogP contribution is -2.35. The lowest BCUT2D eigenvalue weighted by molar-refractivity contribution is -0.173. The molecule has 1 aliphatic rings. The summed E-state index contributed by atoms with van der Waals surface area (Å²) in [6, 6.07) is 10.6. The number of carbonyl (C=O) groups excluding carboxylic acids is 1. The molecule has 3 aromatic rings. The Kier molecular flexibility index (Phi) is 5.77. The van der Waals surface area contributed by atoms with Crippen molar-refractivity contribution in [3.8, 4) is 5.75 Å². The molecule has 1 aliphatic heterocycles. The van der Waals surface area contributed by atoms with Crippen molar-refractivity contribution in [1.29, 1.82) is 0 Å². The molecule has 0 saturated carbocycles. The molecule has 2 N–H and O–H groups in total. The molecule has 2 aromatic carbocycles. The van der Waals surface area contributed by atoms with E-state index in [1.807, 2.05) is 6.92 Å². The van der Waals surface area contributed by atoms with E-state index in [-0.39, 0.29) is 17.9 Å². The lowest BCUT2D eigenvalue weighted by atomic mass is 9.97. The zero-order valence-corrected chi connectivity index (χ0v) is 18.0. The van der Waals surface area contributed by atoms with Crippen LogP contribution in [0.5, 0.6) is 5.75 Å². The van der Waals surface area contributed by atoms with E-state index in [0.29, 0.717) is 22.0 Å². The molecule has 6 nitrogen and oxygen atoms in total. The molecular weight excluding hydrogens is 445 g/mol. The van der Waals surface area contributed by atoms with Crippen LogP contribution in [0.4, 0.5) is 24.7 Å². The topological polar surface area (TPSA) is 68.2 Å². The number of benzene rings is 2. The molecule has 0 saturated heterocycles. The Morgan fingerprint density at radius 3 is 2.56 bits per heavy atom. The maximum atomic E-state index is 13.8. The van der Waals surface area contributed by atoms with Crippen LogP contribution < -0.4 is 15.4 Å². The van der Waals surface area contributed by atoms with Gasteiger partial charge in [-0.3, -0.25) is 4.79 Å². The standard InChI is InChI=1S/C22H20ClF3N4O2/c1-12-3-6-14(9-16(12)23)27-21(31)18-11-20-28-17(13-4-7-15(32-2)8-5-13)10-19(22(24,25)26)30(20)29-18/h3-9,11,17,19,28H,10H2,1-2H3,(H,27,31)/t17-,19-/m1/s1. The van der Waals surface area contributed by atoms with Gasteiger partial charge in [-0.05, 0) is 42.3 Å². The first-order chi connectivity index (χ1) is 15.2. The fraction of sp³-hybridized carbons (Fsp3) is 0.273. The van der Waals surface area contributed by atoms with Gasteiger partial charge >= 0.3 is 6.18 Å². The number of aromatic nitrogens is 2. The van der Waals surface area contributed by atoms with E-state index in [9.17, 15) is 18.0 Å². The van der Waals surface area contributed by atoms with Crippen molar-refractivity contribution < 1.29 is 22.7 Å². The van der Waals surface area contributed by atoms with Gasteiger partial charge in [0.2, 0.25) is 0 Å². The van der Waals surface area contributed by atoms with Crippen molar-refractivity contribution in [3.63, 3.8) is 0 Å². The number of halogens is 4. The molecule has 1 aromatic heterocycles. The highest BCUT2D eigenvalue weighted by Crippen LogP contribution is 2.43. The number of rotatable bonds is 4. The average Bonchev–Trinajstić information content (AvgIpc) is 3.19. The molecule has 0 bridgehead atoms. The Hall–Kier alpha value is -3.20. The molecule has 0 unspecified atom stereocenters. The fourth-order valence-corrected chi connectivity index (χ4v) is 3.79. The van der Waals surface area contributed by atoms with Crippen LogP contribution in [-0.2, 0) is 0 Å². The average molecular weight is 465 g/mol. The number of ether oxygens (including phenoxy) is 1. The van der Waals surface area contributed by atoms with Gasteiger partial charge < -0.3 is 15.4 Å². The molecule has 168 valence electrons. The zero-order valence-electron chi connectivity index (χ0n) is 17.2. The van der Waals surface area contributed by atoms with Crippen molar-refractivity contribution in [3.05, 3.63) is 70.4 Å². The molecule has 10 heteroatoms. The predicted octanol–water partition coefficient (Wildman–Crippen LogP) is 5.77. The van der Waals surface area contributed by atoms with Gasteiger partial charge in [-0.2, -0.15) is 18.3 Å². The number of amides is 1. The number of carbonyl (C=O) groups is 1. The van der Waals surface area contributed by atoms with Crippen LogP contribution in [0.15, 0.2) is 48.5 Å². The predicted molar refractivity (Wildman–Crippen MR) is 115 cm³/mol. The third kappa shape index (κ3) is 4.38. The monoisotopic (exact) mass is 464 g/mol. The zero-order chi connectivity index (χ0) is 23.0. The van der Waals surface area contributed by atoms with Crippen LogP contribution in [0.1, 0.15) is 40.1 Å². The van der Waals surface area contributed by atoms with Crippen LogP contribution in [-0.4, -0.2) is 29.0 Å². The molecule has 32 heavy (non-hydrogen) atoms. The minimum absolute atomic E-state index is 0.117. The van der Waals surface area contributed by atoms with Crippen molar-refractivity contribution in [2.75, 3.05) is 17.7 Å². The van der Waals surface area contributed by atoms with Crippen molar-refractivity contribution in [1.82, 2.24) is 9.78 Å². The van der Waals surface area contributed by atoms with E-state index >= 15 is 0 Å². The van der Waals surface area contributed by atoms with Crippen LogP contribution in [0, 0.1) is 6.92 Å². The lowest BCUT2D eigenvalue weighted by Gasteiger charge is -2.33. The van der Waals surface area contributed by atoms with Crippen LogP contribution in [0.2, 0.25) is 5.02 Å². The van der Waals surface area contributed by atoms with Gasteiger partial charge in [-0.1, -0.05) is 29.8 Å². The molecule has 0 aliphatic carbocycles. The number of alkyl halides is 3. The summed E-state index contributed by atoms with van der Waals surface area (Å²) in [6.45, 7) is 1.82. The van der Waals surface area contributed by atoms with Gasteiger partial charge in [0.15, 0.2) is 11.7 Å². The Balaban J connectivity index is 1.62. The Labute approximate surface area is 187 Å². The van der Waals surface area contributed by atoms with E-state index in [0.717, 1.165) is 10.2 Å². The SMILES string of the molecule is COc1ccc([C@H]2C[C@H](C(F)(F)F)n3nc(C(=O)Nc4ccc(C)c(Cl)c4)cc3N2)cc1. The van der Waals surface area contributed by atoms with Gasteiger partial charge in [0.25, 0.3) is 5.91 Å². The second kappa shape index (κ2) is 8.38. The summed E-state index contributed by atoms with van der Waals surface area (Å²) in [4.78, 5) is 12.7. The van der Waals surface area contributed by atoms with Crippen molar-refractivity contribution in [2.45, 2.75) is 31.6 Å². The molecule has 2 heterocycles. The molecule has 0 spiro atoms. The van der Waals surface area contributed by atoms with E-state index in [1.54, 1.807) is 42.5 Å². The summed E-state index contributed by atoms with van der Waals surface area (Å²) in [5.74, 6) is 0.0964. The quantitative estimate of drug-likeness (QED) is 0.514. The Bertz CT molecular complexity index is 1150. The highest BCUT2D eigenvalue weighted by Gasteiger charge is 2.46. The summed E-state index contributed by atoms with van der Waals surface area (Å²) < 4.78 is 47.5. The van der Waals surface area contributed by atoms with E-state index in [1.165, 1.54) is 13.2 Å². The summed E-state index contributed by atoms with van der Waals surface area (Å²) >= 11 is 6.07. The fourth-order valence-electron chi connectivity index (χ4n) is 3.60. The molecule has 0 radical (unpaired) electrons. The second-order valence-corrected chi connectivity index (χ2v) is 7.95. The largest absolute Gasteiger partial charge is 0.497 e. The summed E-state index contributed by atoms with van der Waals surface area (Å²) in [5.41, 5.74) is 1.80.